The third-order valence-corrected chi connectivity index (χ3v) is 2.27. The van der Waals surface area contributed by atoms with E-state index in [2.05, 4.69) is 10.6 Å². The maximum Gasteiger partial charge on any atom is 0.221 e. The van der Waals surface area contributed by atoms with Crippen molar-refractivity contribution in [1.82, 2.24) is 10.6 Å². The zero-order chi connectivity index (χ0) is 9.68. The van der Waals surface area contributed by atoms with E-state index in [1.807, 2.05) is 6.92 Å². The van der Waals surface area contributed by atoms with Crippen LogP contribution in [-0.2, 0) is 4.79 Å². The summed E-state index contributed by atoms with van der Waals surface area (Å²) in [5.41, 5.74) is 0. The van der Waals surface area contributed by atoms with Crippen LogP contribution in [0.1, 0.15) is 26.2 Å². The average molecular weight is 186 g/mol. The molecule has 1 fully saturated rings. The molecule has 1 aliphatic rings. The van der Waals surface area contributed by atoms with E-state index in [4.69, 9.17) is 5.11 Å². The standard InChI is InChI=1S/C9H18N2O2/c1-2-10-9(13)3-4-11-7-5-8(12)6-7/h7-8,11-12H,2-6H2,1H3,(H,10,13). The molecule has 0 heterocycles. The lowest BCUT2D eigenvalue weighted by atomic mass is 9.89. The molecule has 0 atom stereocenters. The fraction of sp³-hybridized carbons (Fsp3) is 0.889. The number of hydrogen-bond acceptors (Lipinski definition) is 3. The molecule has 0 aromatic heterocycles. The summed E-state index contributed by atoms with van der Waals surface area (Å²) in [5, 5.41) is 14.9. The van der Waals surface area contributed by atoms with Gasteiger partial charge < -0.3 is 15.7 Å². The minimum absolute atomic E-state index is 0.0925. The molecule has 0 radical (unpaired) electrons. The topological polar surface area (TPSA) is 61.4 Å². The van der Waals surface area contributed by atoms with E-state index in [0.717, 1.165) is 12.8 Å². The third-order valence-electron chi connectivity index (χ3n) is 2.27. The molecule has 1 saturated carbocycles. The van der Waals surface area contributed by atoms with E-state index in [0.29, 0.717) is 25.6 Å². The highest BCUT2D eigenvalue weighted by atomic mass is 16.3. The van der Waals surface area contributed by atoms with Crippen LogP contribution in [-0.4, -0.2) is 36.2 Å². The van der Waals surface area contributed by atoms with Gasteiger partial charge in [-0.25, -0.2) is 0 Å². The summed E-state index contributed by atoms with van der Waals surface area (Å²) in [7, 11) is 0. The van der Waals surface area contributed by atoms with Crippen molar-refractivity contribution in [3.63, 3.8) is 0 Å². The smallest absolute Gasteiger partial charge is 0.221 e. The van der Waals surface area contributed by atoms with Gasteiger partial charge in [-0.05, 0) is 19.8 Å². The van der Waals surface area contributed by atoms with Crippen molar-refractivity contribution < 1.29 is 9.90 Å². The highest BCUT2D eigenvalue weighted by Crippen LogP contribution is 2.18. The van der Waals surface area contributed by atoms with Crippen molar-refractivity contribution in [3.8, 4) is 0 Å². The second-order valence-corrected chi connectivity index (χ2v) is 3.48. The van der Waals surface area contributed by atoms with Crippen molar-refractivity contribution >= 4 is 5.91 Å². The minimum Gasteiger partial charge on any atom is -0.393 e. The predicted molar refractivity (Wildman–Crippen MR) is 50.3 cm³/mol. The molecule has 1 aliphatic carbocycles. The van der Waals surface area contributed by atoms with Crippen LogP contribution < -0.4 is 10.6 Å². The van der Waals surface area contributed by atoms with Crippen LogP contribution in [0.2, 0.25) is 0 Å². The first-order valence-corrected chi connectivity index (χ1v) is 4.90. The Hall–Kier alpha value is -0.610. The van der Waals surface area contributed by atoms with E-state index in [9.17, 15) is 4.79 Å². The number of nitrogens with one attached hydrogen (secondary N) is 2. The first-order chi connectivity index (χ1) is 6.22. The number of rotatable bonds is 5. The molecule has 1 amide bonds. The molecular formula is C9H18N2O2. The molecular weight excluding hydrogens is 168 g/mol. The zero-order valence-corrected chi connectivity index (χ0v) is 8.05. The SMILES string of the molecule is CCNC(=O)CCNC1CC(O)C1. The van der Waals surface area contributed by atoms with Gasteiger partial charge in [0.2, 0.25) is 5.91 Å². The Bertz CT molecular complexity index is 167. The van der Waals surface area contributed by atoms with Crippen molar-refractivity contribution in [1.29, 1.82) is 0 Å². The number of amides is 1. The molecule has 0 spiro atoms. The lowest BCUT2D eigenvalue weighted by molar-refractivity contribution is -0.120. The first kappa shape index (κ1) is 10.5. The van der Waals surface area contributed by atoms with Gasteiger partial charge in [0.15, 0.2) is 0 Å². The quantitative estimate of drug-likeness (QED) is 0.549. The van der Waals surface area contributed by atoms with E-state index in [-0.39, 0.29) is 12.0 Å². The second kappa shape index (κ2) is 5.19. The lowest BCUT2D eigenvalue weighted by Gasteiger charge is -2.32. The fourth-order valence-electron chi connectivity index (χ4n) is 1.43. The van der Waals surface area contributed by atoms with Gasteiger partial charge in [-0.2, -0.15) is 0 Å². The molecule has 0 aromatic rings. The van der Waals surface area contributed by atoms with E-state index in [1.54, 1.807) is 0 Å². The maximum atomic E-state index is 11.0. The Morgan fingerprint density at radius 1 is 1.54 bits per heavy atom. The Morgan fingerprint density at radius 3 is 2.77 bits per heavy atom. The molecule has 0 unspecified atom stereocenters. The summed E-state index contributed by atoms with van der Waals surface area (Å²) in [5.74, 6) is 0.0925. The van der Waals surface area contributed by atoms with Gasteiger partial charge in [-0.15, -0.1) is 0 Å². The van der Waals surface area contributed by atoms with Gasteiger partial charge in [0.1, 0.15) is 0 Å². The van der Waals surface area contributed by atoms with Crippen LogP contribution >= 0.6 is 0 Å². The van der Waals surface area contributed by atoms with Crippen LogP contribution in [0.3, 0.4) is 0 Å². The summed E-state index contributed by atoms with van der Waals surface area (Å²) in [6.45, 7) is 3.32. The fourth-order valence-corrected chi connectivity index (χ4v) is 1.43. The molecule has 0 aromatic carbocycles. The summed E-state index contributed by atoms with van der Waals surface area (Å²) in [6, 6.07) is 0.421. The molecule has 0 bridgehead atoms. The molecule has 0 saturated heterocycles. The second-order valence-electron chi connectivity index (χ2n) is 3.48. The molecule has 4 nitrogen and oxygen atoms in total. The summed E-state index contributed by atoms with van der Waals surface area (Å²) >= 11 is 0. The predicted octanol–water partition coefficient (Wildman–Crippen LogP) is -0.374. The van der Waals surface area contributed by atoms with E-state index in [1.165, 1.54) is 0 Å². The van der Waals surface area contributed by atoms with Crippen molar-refractivity contribution in [2.24, 2.45) is 0 Å². The summed E-state index contributed by atoms with van der Waals surface area (Å²) < 4.78 is 0. The number of hydrogen-bond donors (Lipinski definition) is 3. The van der Waals surface area contributed by atoms with Crippen molar-refractivity contribution in [3.05, 3.63) is 0 Å². The maximum absolute atomic E-state index is 11.0. The first-order valence-electron chi connectivity index (χ1n) is 4.90. The highest BCUT2D eigenvalue weighted by molar-refractivity contribution is 5.75. The van der Waals surface area contributed by atoms with Crippen LogP contribution in [0.5, 0.6) is 0 Å². The summed E-state index contributed by atoms with van der Waals surface area (Å²) in [6.07, 6.45) is 2.06. The highest BCUT2D eigenvalue weighted by Gasteiger charge is 2.26. The lowest BCUT2D eigenvalue weighted by Crippen LogP contribution is -2.45. The van der Waals surface area contributed by atoms with Gasteiger partial charge in [0.05, 0.1) is 6.10 Å². The molecule has 76 valence electrons. The van der Waals surface area contributed by atoms with Crippen LogP contribution in [0.4, 0.5) is 0 Å². The van der Waals surface area contributed by atoms with Crippen LogP contribution in [0, 0.1) is 0 Å². The molecule has 13 heavy (non-hydrogen) atoms. The number of carbonyl (C=O) groups excluding carboxylic acids is 1. The normalized spacial score (nSPS) is 26.6. The van der Waals surface area contributed by atoms with Gasteiger partial charge in [-0.1, -0.05) is 0 Å². The number of aliphatic hydroxyl groups excluding tert-OH is 1. The number of carbonyl (C=O) groups is 1. The Kier molecular flexibility index (Phi) is 4.18. The third kappa shape index (κ3) is 3.74. The largest absolute Gasteiger partial charge is 0.393 e. The monoisotopic (exact) mass is 186 g/mol. The number of aliphatic hydroxyl groups is 1. The van der Waals surface area contributed by atoms with Crippen molar-refractivity contribution in [2.45, 2.75) is 38.3 Å². The molecule has 0 aliphatic heterocycles. The summed E-state index contributed by atoms with van der Waals surface area (Å²) in [4.78, 5) is 11.0. The zero-order valence-electron chi connectivity index (χ0n) is 8.05. The Morgan fingerprint density at radius 2 is 2.23 bits per heavy atom. The van der Waals surface area contributed by atoms with Crippen LogP contribution in [0.25, 0.3) is 0 Å². The molecule has 1 rings (SSSR count). The van der Waals surface area contributed by atoms with Gasteiger partial charge in [-0.3, -0.25) is 4.79 Å². The average Bonchev–Trinajstić information content (AvgIpc) is 2.01. The van der Waals surface area contributed by atoms with Crippen molar-refractivity contribution in [2.75, 3.05) is 13.1 Å². The Balaban J connectivity index is 1.92. The van der Waals surface area contributed by atoms with E-state index >= 15 is 0 Å². The van der Waals surface area contributed by atoms with Gasteiger partial charge in [0, 0.05) is 25.6 Å². The molecule has 4 heteroatoms. The minimum atomic E-state index is -0.123. The molecule has 3 N–H and O–H groups in total. The van der Waals surface area contributed by atoms with Gasteiger partial charge in [0.25, 0.3) is 0 Å². The van der Waals surface area contributed by atoms with Crippen LogP contribution in [0.15, 0.2) is 0 Å². The van der Waals surface area contributed by atoms with E-state index < -0.39 is 0 Å². The Labute approximate surface area is 78.7 Å². The van der Waals surface area contributed by atoms with Gasteiger partial charge >= 0.3 is 0 Å².